The SMILES string of the molecule is CCCCN(C)C(=O)Oc1cc(-c2cccnc2)[nH]n1. The van der Waals surface area contributed by atoms with Crippen molar-refractivity contribution in [3.05, 3.63) is 30.6 Å². The molecule has 0 aliphatic heterocycles. The molecular weight excluding hydrogens is 256 g/mol. The Hall–Kier alpha value is -2.37. The Morgan fingerprint density at radius 3 is 3.05 bits per heavy atom. The van der Waals surface area contributed by atoms with Crippen molar-refractivity contribution in [3.63, 3.8) is 0 Å². The molecule has 0 spiro atoms. The third-order valence-corrected chi connectivity index (χ3v) is 2.88. The molecule has 1 amide bonds. The third-order valence-electron chi connectivity index (χ3n) is 2.88. The van der Waals surface area contributed by atoms with Gasteiger partial charge < -0.3 is 9.64 Å². The first-order chi connectivity index (χ1) is 9.70. The molecule has 106 valence electrons. The highest BCUT2D eigenvalue weighted by Crippen LogP contribution is 2.19. The van der Waals surface area contributed by atoms with E-state index < -0.39 is 6.09 Å². The quantitative estimate of drug-likeness (QED) is 0.910. The van der Waals surface area contributed by atoms with Crippen molar-refractivity contribution in [1.29, 1.82) is 0 Å². The monoisotopic (exact) mass is 274 g/mol. The van der Waals surface area contributed by atoms with Crippen LogP contribution in [0.15, 0.2) is 30.6 Å². The van der Waals surface area contributed by atoms with Gasteiger partial charge in [0.2, 0.25) is 5.88 Å². The number of nitrogens with zero attached hydrogens (tertiary/aromatic N) is 3. The number of carbonyl (C=O) groups excluding carboxylic acids is 1. The predicted molar refractivity (Wildman–Crippen MR) is 75.4 cm³/mol. The minimum atomic E-state index is -0.400. The second kappa shape index (κ2) is 6.70. The van der Waals surface area contributed by atoms with Crippen molar-refractivity contribution < 1.29 is 9.53 Å². The molecule has 2 aromatic rings. The molecule has 0 aliphatic carbocycles. The molecule has 0 fully saturated rings. The average molecular weight is 274 g/mol. The van der Waals surface area contributed by atoms with Crippen LogP contribution in [0.25, 0.3) is 11.3 Å². The van der Waals surface area contributed by atoms with E-state index >= 15 is 0 Å². The lowest BCUT2D eigenvalue weighted by atomic mass is 10.2. The highest BCUT2D eigenvalue weighted by molar-refractivity contribution is 5.70. The summed E-state index contributed by atoms with van der Waals surface area (Å²) < 4.78 is 5.20. The van der Waals surface area contributed by atoms with E-state index in [2.05, 4.69) is 22.1 Å². The summed E-state index contributed by atoms with van der Waals surface area (Å²) in [6.45, 7) is 2.75. The molecule has 0 saturated heterocycles. The summed E-state index contributed by atoms with van der Waals surface area (Å²) >= 11 is 0. The zero-order valence-electron chi connectivity index (χ0n) is 11.7. The normalized spacial score (nSPS) is 10.3. The maximum absolute atomic E-state index is 11.8. The van der Waals surface area contributed by atoms with Crippen LogP contribution in [0.4, 0.5) is 4.79 Å². The van der Waals surface area contributed by atoms with E-state index in [1.54, 1.807) is 30.4 Å². The van der Waals surface area contributed by atoms with E-state index in [0.717, 1.165) is 24.1 Å². The maximum Gasteiger partial charge on any atom is 0.416 e. The van der Waals surface area contributed by atoms with Crippen LogP contribution in [0.3, 0.4) is 0 Å². The fraction of sp³-hybridized carbons (Fsp3) is 0.357. The van der Waals surface area contributed by atoms with Crippen LogP contribution in [0.1, 0.15) is 19.8 Å². The van der Waals surface area contributed by atoms with E-state index in [1.165, 1.54) is 0 Å². The Morgan fingerprint density at radius 1 is 1.50 bits per heavy atom. The van der Waals surface area contributed by atoms with Crippen molar-refractivity contribution >= 4 is 6.09 Å². The Bertz CT molecular complexity index is 553. The van der Waals surface area contributed by atoms with Gasteiger partial charge in [-0.2, -0.15) is 0 Å². The average Bonchev–Trinajstić information content (AvgIpc) is 2.94. The highest BCUT2D eigenvalue weighted by atomic mass is 16.6. The summed E-state index contributed by atoms with van der Waals surface area (Å²) in [5, 5.41) is 6.80. The van der Waals surface area contributed by atoms with Crippen molar-refractivity contribution in [2.45, 2.75) is 19.8 Å². The molecule has 0 radical (unpaired) electrons. The number of amides is 1. The number of nitrogens with one attached hydrogen (secondary N) is 1. The second-order valence-corrected chi connectivity index (χ2v) is 4.50. The number of aromatic amines is 1. The third kappa shape index (κ3) is 3.57. The summed E-state index contributed by atoms with van der Waals surface area (Å²) in [4.78, 5) is 17.4. The minimum Gasteiger partial charge on any atom is -0.389 e. The van der Waals surface area contributed by atoms with Gasteiger partial charge in [-0.25, -0.2) is 4.79 Å². The zero-order valence-corrected chi connectivity index (χ0v) is 11.7. The van der Waals surface area contributed by atoms with Crippen LogP contribution in [0.5, 0.6) is 5.88 Å². The molecule has 2 aromatic heterocycles. The van der Waals surface area contributed by atoms with E-state index in [4.69, 9.17) is 4.74 Å². The molecule has 1 N–H and O–H groups in total. The highest BCUT2D eigenvalue weighted by Gasteiger charge is 2.13. The molecule has 0 aromatic carbocycles. The van der Waals surface area contributed by atoms with E-state index in [0.29, 0.717) is 6.54 Å². The van der Waals surface area contributed by atoms with Gasteiger partial charge >= 0.3 is 6.09 Å². The smallest absolute Gasteiger partial charge is 0.389 e. The first-order valence-electron chi connectivity index (χ1n) is 6.59. The minimum absolute atomic E-state index is 0.261. The number of ether oxygens (including phenoxy) is 1. The molecule has 0 atom stereocenters. The standard InChI is InChI=1S/C14H18N4O2/c1-3-4-8-18(2)14(19)20-13-9-12(16-17-13)11-6-5-7-15-10-11/h5-7,9-10H,3-4,8H2,1-2H3,(H,16,17). The Kier molecular flexibility index (Phi) is 4.70. The van der Waals surface area contributed by atoms with E-state index in [-0.39, 0.29) is 5.88 Å². The molecule has 0 unspecified atom stereocenters. The Morgan fingerprint density at radius 2 is 2.35 bits per heavy atom. The van der Waals surface area contributed by atoms with Gasteiger partial charge in [0.05, 0.1) is 5.69 Å². The van der Waals surface area contributed by atoms with Crippen molar-refractivity contribution in [1.82, 2.24) is 20.1 Å². The van der Waals surface area contributed by atoms with Gasteiger partial charge in [-0.3, -0.25) is 10.1 Å². The second-order valence-electron chi connectivity index (χ2n) is 4.50. The molecule has 0 aliphatic rings. The van der Waals surface area contributed by atoms with E-state index in [1.807, 2.05) is 12.1 Å². The lowest BCUT2D eigenvalue weighted by Crippen LogP contribution is -2.30. The molecule has 2 rings (SSSR count). The largest absolute Gasteiger partial charge is 0.416 e. The van der Waals surface area contributed by atoms with Gasteiger partial charge in [0.25, 0.3) is 0 Å². The molecule has 20 heavy (non-hydrogen) atoms. The lowest BCUT2D eigenvalue weighted by molar-refractivity contribution is 0.160. The van der Waals surface area contributed by atoms with Crippen LogP contribution in [-0.2, 0) is 0 Å². The van der Waals surface area contributed by atoms with Crippen LogP contribution >= 0.6 is 0 Å². The van der Waals surface area contributed by atoms with Gasteiger partial charge in [0, 0.05) is 37.6 Å². The lowest BCUT2D eigenvalue weighted by Gasteiger charge is -2.14. The van der Waals surface area contributed by atoms with Crippen LogP contribution < -0.4 is 4.74 Å². The van der Waals surface area contributed by atoms with Crippen LogP contribution in [0, 0.1) is 0 Å². The Balaban J connectivity index is 1.98. The summed E-state index contributed by atoms with van der Waals surface area (Å²) in [5.41, 5.74) is 1.65. The summed E-state index contributed by atoms with van der Waals surface area (Å²) in [6, 6.07) is 5.42. The van der Waals surface area contributed by atoms with Crippen molar-refractivity contribution in [2.24, 2.45) is 0 Å². The molecule has 0 saturated carbocycles. The zero-order chi connectivity index (χ0) is 14.4. The molecular formula is C14H18N4O2. The van der Waals surface area contributed by atoms with Crippen LogP contribution in [0.2, 0.25) is 0 Å². The van der Waals surface area contributed by atoms with Gasteiger partial charge in [0.15, 0.2) is 0 Å². The topological polar surface area (TPSA) is 71.1 Å². The number of hydrogen-bond acceptors (Lipinski definition) is 4. The number of H-pyrrole nitrogens is 1. The number of aromatic nitrogens is 3. The predicted octanol–water partition coefficient (Wildman–Crippen LogP) is 2.70. The summed E-state index contributed by atoms with van der Waals surface area (Å²) in [6.07, 6.45) is 5.00. The summed E-state index contributed by atoms with van der Waals surface area (Å²) in [5.74, 6) is 0.261. The Labute approximate surface area is 117 Å². The fourth-order valence-electron chi connectivity index (χ4n) is 1.68. The van der Waals surface area contributed by atoms with Gasteiger partial charge in [0.1, 0.15) is 0 Å². The molecule has 2 heterocycles. The fourth-order valence-corrected chi connectivity index (χ4v) is 1.68. The van der Waals surface area contributed by atoms with Crippen molar-refractivity contribution in [3.8, 4) is 17.1 Å². The number of carbonyl (C=O) groups is 1. The molecule has 0 bridgehead atoms. The maximum atomic E-state index is 11.8. The van der Waals surface area contributed by atoms with Gasteiger partial charge in [-0.05, 0) is 18.6 Å². The first kappa shape index (κ1) is 14.0. The summed E-state index contributed by atoms with van der Waals surface area (Å²) in [7, 11) is 1.71. The first-order valence-corrected chi connectivity index (χ1v) is 6.59. The number of unbranched alkanes of at least 4 members (excludes halogenated alkanes) is 1. The number of pyridine rings is 1. The van der Waals surface area contributed by atoms with Crippen LogP contribution in [-0.4, -0.2) is 39.8 Å². The number of rotatable bonds is 5. The molecule has 6 heteroatoms. The van der Waals surface area contributed by atoms with Gasteiger partial charge in [-0.1, -0.05) is 13.3 Å². The van der Waals surface area contributed by atoms with Gasteiger partial charge in [-0.15, -0.1) is 5.10 Å². The van der Waals surface area contributed by atoms with E-state index in [9.17, 15) is 4.79 Å². The number of hydrogen-bond donors (Lipinski definition) is 1. The molecule has 6 nitrogen and oxygen atoms in total. The van der Waals surface area contributed by atoms with Crippen molar-refractivity contribution in [2.75, 3.05) is 13.6 Å².